The van der Waals surface area contributed by atoms with Crippen LogP contribution in [0, 0.1) is 0 Å². The van der Waals surface area contributed by atoms with Gasteiger partial charge in [-0.1, -0.05) is 83.3 Å². The van der Waals surface area contributed by atoms with Crippen molar-refractivity contribution >= 4 is 10.4 Å². The first-order valence-electron chi connectivity index (χ1n) is 13.1. The molecular formula is C24H47NO10S. The highest BCUT2D eigenvalue weighted by molar-refractivity contribution is 7.80. The summed E-state index contributed by atoms with van der Waals surface area (Å²) in [5.41, 5.74) is 5.93. The van der Waals surface area contributed by atoms with Crippen molar-refractivity contribution in [3.05, 3.63) is 12.2 Å². The van der Waals surface area contributed by atoms with E-state index in [9.17, 15) is 28.8 Å². The van der Waals surface area contributed by atoms with E-state index in [1.54, 1.807) is 6.08 Å². The van der Waals surface area contributed by atoms with Crippen molar-refractivity contribution in [3.63, 3.8) is 0 Å². The Morgan fingerprint density at radius 2 is 1.47 bits per heavy atom. The van der Waals surface area contributed by atoms with E-state index in [0.717, 1.165) is 19.3 Å². The largest absolute Gasteiger partial charge is 0.397 e. The topological polar surface area (TPSA) is 189 Å². The van der Waals surface area contributed by atoms with Gasteiger partial charge in [0.15, 0.2) is 6.29 Å². The van der Waals surface area contributed by atoms with Crippen LogP contribution in [0.2, 0.25) is 0 Å². The van der Waals surface area contributed by atoms with Crippen LogP contribution in [-0.2, 0) is 24.1 Å². The Hall–Kier alpha value is -0.670. The first-order chi connectivity index (χ1) is 17.1. The summed E-state index contributed by atoms with van der Waals surface area (Å²) in [6.07, 6.45) is 9.25. The molecule has 0 aliphatic carbocycles. The van der Waals surface area contributed by atoms with Crippen molar-refractivity contribution in [1.29, 1.82) is 0 Å². The first kappa shape index (κ1) is 33.4. The molecule has 0 aromatic heterocycles. The van der Waals surface area contributed by atoms with E-state index >= 15 is 0 Å². The van der Waals surface area contributed by atoms with Gasteiger partial charge in [0.05, 0.1) is 25.4 Å². The molecule has 11 nitrogen and oxygen atoms in total. The zero-order valence-corrected chi connectivity index (χ0v) is 22.2. The zero-order chi connectivity index (χ0) is 27.0. The van der Waals surface area contributed by atoms with Crippen LogP contribution in [0.25, 0.3) is 0 Å². The van der Waals surface area contributed by atoms with Gasteiger partial charge in [-0.25, -0.2) is 4.18 Å². The van der Waals surface area contributed by atoms with Gasteiger partial charge in [-0.15, -0.1) is 0 Å². The van der Waals surface area contributed by atoms with Gasteiger partial charge in [-0.3, -0.25) is 4.55 Å². The van der Waals surface area contributed by atoms with Crippen molar-refractivity contribution in [2.75, 3.05) is 13.2 Å². The predicted octanol–water partition coefficient (Wildman–Crippen LogP) is 1.58. The van der Waals surface area contributed by atoms with Crippen molar-refractivity contribution in [2.45, 2.75) is 127 Å². The molecule has 1 rings (SSSR count). The highest BCUT2D eigenvalue weighted by Crippen LogP contribution is 2.23. The fourth-order valence-electron chi connectivity index (χ4n) is 3.95. The van der Waals surface area contributed by atoms with Crippen LogP contribution >= 0.6 is 0 Å². The molecule has 12 heteroatoms. The molecule has 0 bridgehead atoms. The third-order valence-corrected chi connectivity index (χ3v) is 6.68. The summed E-state index contributed by atoms with van der Waals surface area (Å²) in [7, 11) is -4.79. The smallest absolute Gasteiger partial charge is 0.387 e. The maximum absolute atomic E-state index is 10.7. The number of hydrogen-bond acceptors (Lipinski definition) is 10. The Labute approximate surface area is 215 Å². The van der Waals surface area contributed by atoms with Gasteiger partial charge < -0.3 is 35.6 Å². The summed E-state index contributed by atoms with van der Waals surface area (Å²) >= 11 is 0. The molecule has 0 aromatic rings. The molecule has 1 aliphatic heterocycles. The summed E-state index contributed by atoms with van der Waals surface area (Å²) in [5, 5.41) is 40.1. The Kier molecular flexibility index (Phi) is 17.2. The van der Waals surface area contributed by atoms with E-state index in [1.807, 2.05) is 6.08 Å². The van der Waals surface area contributed by atoms with Crippen LogP contribution in [0.15, 0.2) is 12.2 Å². The highest BCUT2D eigenvalue weighted by Gasteiger charge is 2.45. The number of nitrogens with two attached hydrogens (primary N) is 1. The standard InChI is InChI=1S/C24H47NO10S/c1-2-3-4-5-6-7-8-9-10-11-12-13-14-15-19(26)18(25)16-33-24-23(29)22(28)21(27)20(35-24)17-34-36(30,31)32/h14-15,18-24,26-29H,2-13,16-17,25H2,1H3,(H,30,31,32)/b15-14+/t18-,19+,20+,21-,22-,23+,24+/m0/s1. The maximum Gasteiger partial charge on any atom is 0.397 e. The molecule has 36 heavy (non-hydrogen) atoms. The minimum Gasteiger partial charge on any atom is -0.387 e. The molecule has 7 atom stereocenters. The Morgan fingerprint density at radius 1 is 0.917 bits per heavy atom. The summed E-state index contributed by atoms with van der Waals surface area (Å²) in [6.45, 7) is 1.17. The Bertz CT molecular complexity index is 692. The van der Waals surface area contributed by atoms with Gasteiger partial charge in [0.25, 0.3) is 0 Å². The normalized spacial score (nSPS) is 26.9. The number of unbranched alkanes of at least 4 members (excludes halogenated alkanes) is 11. The second-order valence-corrected chi connectivity index (χ2v) is 10.6. The zero-order valence-electron chi connectivity index (χ0n) is 21.4. The molecule has 1 heterocycles. The van der Waals surface area contributed by atoms with Crippen molar-refractivity contribution in [2.24, 2.45) is 5.73 Å². The third kappa shape index (κ3) is 14.3. The summed E-state index contributed by atoms with van der Waals surface area (Å²) < 4.78 is 44.9. The molecule has 0 unspecified atom stereocenters. The summed E-state index contributed by atoms with van der Waals surface area (Å²) in [4.78, 5) is 0. The number of hydrogen-bond donors (Lipinski definition) is 6. The number of rotatable bonds is 20. The van der Waals surface area contributed by atoms with E-state index in [2.05, 4.69) is 11.1 Å². The molecule has 0 spiro atoms. The van der Waals surface area contributed by atoms with Gasteiger partial charge in [0, 0.05) is 0 Å². The number of aliphatic hydroxyl groups is 4. The fraction of sp³-hybridized carbons (Fsp3) is 0.917. The lowest BCUT2D eigenvalue weighted by molar-refractivity contribution is -0.301. The highest BCUT2D eigenvalue weighted by atomic mass is 32.3. The van der Waals surface area contributed by atoms with Crippen LogP contribution < -0.4 is 5.73 Å². The minimum absolute atomic E-state index is 0.250. The third-order valence-electron chi connectivity index (χ3n) is 6.25. The summed E-state index contributed by atoms with van der Waals surface area (Å²) in [5.74, 6) is 0. The molecule has 1 fully saturated rings. The van der Waals surface area contributed by atoms with Crippen LogP contribution in [0.1, 0.15) is 84.0 Å². The van der Waals surface area contributed by atoms with Gasteiger partial charge in [-0.05, 0) is 12.8 Å². The lowest BCUT2D eigenvalue weighted by Gasteiger charge is -2.40. The lowest BCUT2D eigenvalue weighted by atomic mass is 9.99. The molecule has 1 saturated heterocycles. The molecule has 0 amide bonds. The van der Waals surface area contributed by atoms with E-state index in [1.165, 1.54) is 57.8 Å². The Balaban J connectivity index is 2.23. The minimum atomic E-state index is -4.79. The second-order valence-electron chi connectivity index (χ2n) is 9.47. The van der Waals surface area contributed by atoms with Crippen LogP contribution in [0.4, 0.5) is 0 Å². The van der Waals surface area contributed by atoms with E-state index in [-0.39, 0.29) is 6.61 Å². The molecule has 7 N–H and O–H groups in total. The second kappa shape index (κ2) is 18.6. The van der Waals surface area contributed by atoms with Crippen molar-refractivity contribution in [3.8, 4) is 0 Å². The Morgan fingerprint density at radius 3 is 2.03 bits per heavy atom. The van der Waals surface area contributed by atoms with E-state index < -0.39 is 59.9 Å². The van der Waals surface area contributed by atoms with Crippen LogP contribution in [0.3, 0.4) is 0 Å². The fourth-order valence-corrected chi connectivity index (χ4v) is 4.26. The van der Waals surface area contributed by atoms with Crippen molar-refractivity contribution in [1.82, 2.24) is 0 Å². The van der Waals surface area contributed by atoms with Gasteiger partial charge in [0.1, 0.15) is 24.4 Å². The van der Waals surface area contributed by atoms with E-state index in [4.69, 9.17) is 19.8 Å². The predicted molar refractivity (Wildman–Crippen MR) is 134 cm³/mol. The monoisotopic (exact) mass is 541 g/mol. The lowest BCUT2D eigenvalue weighted by Crippen LogP contribution is -2.60. The molecule has 214 valence electrons. The van der Waals surface area contributed by atoms with Gasteiger partial charge >= 0.3 is 10.4 Å². The average Bonchev–Trinajstić information content (AvgIpc) is 2.83. The number of ether oxygens (including phenoxy) is 2. The number of aliphatic hydroxyl groups excluding tert-OH is 4. The molecule has 0 radical (unpaired) electrons. The number of allylic oxidation sites excluding steroid dienone is 1. The van der Waals surface area contributed by atoms with E-state index in [0.29, 0.717) is 0 Å². The first-order valence-corrected chi connectivity index (χ1v) is 14.5. The van der Waals surface area contributed by atoms with Crippen LogP contribution in [-0.4, -0.2) is 89.5 Å². The summed E-state index contributed by atoms with van der Waals surface area (Å²) in [6, 6.07) is -0.856. The molecule has 1 aliphatic rings. The maximum atomic E-state index is 10.7. The molecule has 0 aromatic carbocycles. The van der Waals surface area contributed by atoms with Crippen molar-refractivity contribution < 1.29 is 47.1 Å². The molecular weight excluding hydrogens is 494 g/mol. The quantitative estimate of drug-likeness (QED) is 0.0745. The average molecular weight is 542 g/mol. The van der Waals surface area contributed by atoms with Gasteiger partial charge in [0.2, 0.25) is 0 Å². The SMILES string of the molecule is CCCCCCCCCCCCC/C=C/[C@@H](O)[C@@H](N)CO[C@@H]1O[C@H](COS(=O)(=O)O)[C@H](O)[C@H](O)[C@H]1O. The van der Waals surface area contributed by atoms with Crippen LogP contribution in [0.5, 0.6) is 0 Å². The molecule has 0 saturated carbocycles. The van der Waals surface area contributed by atoms with Gasteiger partial charge in [-0.2, -0.15) is 8.42 Å².